The standard InChI is InChI=1S/C20H20N4O2/c1-3-19(26)24-11-14(8-12(24)2)16-9-13-10-17(22-23-20(13)21-16)15-6-4-5-7-18(15)25/h3-7,9-10,12,14,25H,1,8,11H2,2H3,(H,21,23)/t12-,14?/m0/s1. The molecule has 1 amide bonds. The van der Waals surface area contributed by atoms with E-state index in [0.29, 0.717) is 23.4 Å². The van der Waals surface area contributed by atoms with Gasteiger partial charge < -0.3 is 15.0 Å². The molecule has 1 aliphatic heterocycles. The molecule has 132 valence electrons. The number of phenols is 1. The molecule has 0 bridgehead atoms. The van der Waals surface area contributed by atoms with Gasteiger partial charge in [0.25, 0.3) is 0 Å². The van der Waals surface area contributed by atoms with Crippen molar-refractivity contribution in [2.75, 3.05) is 6.54 Å². The van der Waals surface area contributed by atoms with Gasteiger partial charge in [0.2, 0.25) is 5.91 Å². The highest BCUT2D eigenvalue weighted by molar-refractivity contribution is 5.87. The number of nitrogens with one attached hydrogen (secondary N) is 1. The lowest BCUT2D eigenvalue weighted by Gasteiger charge is -2.19. The molecule has 3 aromatic rings. The zero-order valence-corrected chi connectivity index (χ0v) is 14.5. The van der Waals surface area contributed by atoms with Gasteiger partial charge in [0, 0.05) is 35.1 Å². The van der Waals surface area contributed by atoms with E-state index in [-0.39, 0.29) is 23.6 Å². The number of hydrogen-bond acceptors (Lipinski definition) is 4. The van der Waals surface area contributed by atoms with Crippen molar-refractivity contribution in [3.05, 3.63) is 54.7 Å². The highest BCUT2D eigenvalue weighted by Gasteiger charge is 2.33. The van der Waals surface area contributed by atoms with Crippen LogP contribution in [0.3, 0.4) is 0 Å². The van der Waals surface area contributed by atoms with Crippen LogP contribution in [0.5, 0.6) is 5.75 Å². The Morgan fingerprint density at radius 2 is 2.15 bits per heavy atom. The van der Waals surface area contributed by atoms with Crippen molar-refractivity contribution in [1.82, 2.24) is 20.1 Å². The van der Waals surface area contributed by atoms with Crippen LogP contribution in [-0.2, 0) is 4.79 Å². The number of likely N-dealkylation sites (tertiary alicyclic amines) is 1. The van der Waals surface area contributed by atoms with Crippen LogP contribution < -0.4 is 0 Å². The van der Waals surface area contributed by atoms with E-state index in [0.717, 1.165) is 17.5 Å². The molecule has 6 heteroatoms. The molecular formula is C20H20N4O2. The Morgan fingerprint density at radius 1 is 1.35 bits per heavy atom. The number of phenolic OH excluding ortho intramolecular Hbond substituents is 1. The van der Waals surface area contributed by atoms with Gasteiger partial charge in [-0.05, 0) is 43.7 Å². The number of carbonyl (C=O) groups excluding carboxylic acids is 1. The number of rotatable bonds is 3. The Balaban J connectivity index is 1.66. The van der Waals surface area contributed by atoms with E-state index in [1.54, 1.807) is 12.1 Å². The molecule has 0 aliphatic carbocycles. The molecule has 0 saturated carbocycles. The van der Waals surface area contributed by atoms with E-state index < -0.39 is 0 Å². The lowest BCUT2D eigenvalue weighted by atomic mass is 10.0. The summed E-state index contributed by atoms with van der Waals surface area (Å²) in [5, 5.41) is 19.5. The van der Waals surface area contributed by atoms with Gasteiger partial charge >= 0.3 is 0 Å². The Bertz CT molecular complexity index is 994. The van der Waals surface area contributed by atoms with E-state index in [2.05, 4.69) is 34.8 Å². The zero-order chi connectivity index (χ0) is 18.3. The number of para-hydroxylation sites is 1. The number of aromatic amines is 1. The SMILES string of the molecule is C=CC(=O)N1CC(c2cc3cc(-c4ccccc4O)nnc3[nH]2)C[C@@H]1C. The van der Waals surface area contributed by atoms with Crippen molar-refractivity contribution in [2.45, 2.75) is 25.3 Å². The largest absolute Gasteiger partial charge is 0.507 e. The first-order valence-corrected chi connectivity index (χ1v) is 8.64. The average Bonchev–Trinajstić information content (AvgIpc) is 3.24. The quantitative estimate of drug-likeness (QED) is 0.712. The third-order valence-corrected chi connectivity index (χ3v) is 5.05. The number of amides is 1. The summed E-state index contributed by atoms with van der Waals surface area (Å²) in [5.74, 6) is 0.384. The van der Waals surface area contributed by atoms with Gasteiger partial charge in [-0.2, -0.15) is 0 Å². The van der Waals surface area contributed by atoms with Crippen molar-refractivity contribution in [3.8, 4) is 17.0 Å². The highest BCUT2D eigenvalue weighted by Crippen LogP contribution is 2.34. The van der Waals surface area contributed by atoms with Crippen LogP contribution in [0, 0.1) is 0 Å². The molecule has 2 aromatic heterocycles. The van der Waals surface area contributed by atoms with Crippen LogP contribution >= 0.6 is 0 Å². The lowest BCUT2D eigenvalue weighted by Crippen LogP contribution is -2.32. The van der Waals surface area contributed by atoms with Crippen LogP contribution in [0.25, 0.3) is 22.3 Å². The minimum atomic E-state index is -0.0299. The Morgan fingerprint density at radius 3 is 2.92 bits per heavy atom. The molecule has 2 N–H and O–H groups in total. The van der Waals surface area contributed by atoms with Gasteiger partial charge in [0.1, 0.15) is 5.75 Å². The van der Waals surface area contributed by atoms with E-state index in [4.69, 9.17) is 0 Å². The van der Waals surface area contributed by atoms with Crippen LogP contribution in [0.1, 0.15) is 25.0 Å². The third kappa shape index (κ3) is 2.73. The molecule has 4 rings (SSSR count). The normalized spacial score (nSPS) is 19.8. The lowest BCUT2D eigenvalue weighted by molar-refractivity contribution is -0.126. The predicted octanol–water partition coefficient (Wildman–Crippen LogP) is 3.22. The number of H-pyrrole nitrogens is 1. The summed E-state index contributed by atoms with van der Waals surface area (Å²) in [6, 6.07) is 11.2. The fourth-order valence-electron chi connectivity index (χ4n) is 3.68. The summed E-state index contributed by atoms with van der Waals surface area (Å²) in [7, 11) is 0. The second-order valence-electron chi connectivity index (χ2n) is 6.75. The Kier molecular flexibility index (Phi) is 3.95. The number of hydrogen-bond donors (Lipinski definition) is 2. The van der Waals surface area contributed by atoms with E-state index in [1.165, 1.54) is 6.08 Å². The number of aromatic nitrogens is 3. The topological polar surface area (TPSA) is 82.1 Å². The van der Waals surface area contributed by atoms with Gasteiger partial charge in [-0.1, -0.05) is 18.7 Å². The summed E-state index contributed by atoms with van der Waals surface area (Å²) < 4.78 is 0. The maximum atomic E-state index is 12.0. The first-order valence-electron chi connectivity index (χ1n) is 8.64. The number of nitrogens with zero attached hydrogens (tertiary/aromatic N) is 3. The van der Waals surface area contributed by atoms with Crippen molar-refractivity contribution >= 4 is 16.9 Å². The molecule has 1 aliphatic rings. The second kappa shape index (κ2) is 6.29. The number of carbonyl (C=O) groups is 1. The van der Waals surface area contributed by atoms with Gasteiger partial charge in [-0.15, -0.1) is 10.2 Å². The number of fused-ring (bicyclic) bond motifs is 1. The molecule has 0 spiro atoms. The highest BCUT2D eigenvalue weighted by atomic mass is 16.3. The van der Waals surface area contributed by atoms with Crippen LogP contribution in [0.15, 0.2) is 49.1 Å². The van der Waals surface area contributed by atoms with Crippen molar-refractivity contribution in [2.24, 2.45) is 0 Å². The molecule has 1 aromatic carbocycles. The van der Waals surface area contributed by atoms with Crippen LogP contribution in [0.2, 0.25) is 0 Å². The fourth-order valence-corrected chi connectivity index (χ4v) is 3.68. The first kappa shape index (κ1) is 16.3. The monoisotopic (exact) mass is 348 g/mol. The molecule has 3 heterocycles. The molecule has 6 nitrogen and oxygen atoms in total. The molecular weight excluding hydrogens is 328 g/mol. The summed E-state index contributed by atoms with van der Waals surface area (Å²) in [5.41, 5.74) is 3.04. The molecule has 1 unspecified atom stereocenters. The average molecular weight is 348 g/mol. The van der Waals surface area contributed by atoms with Crippen LogP contribution in [-0.4, -0.2) is 43.7 Å². The van der Waals surface area contributed by atoms with E-state index >= 15 is 0 Å². The third-order valence-electron chi connectivity index (χ3n) is 5.05. The van der Waals surface area contributed by atoms with Gasteiger partial charge in [0.15, 0.2) is 5.65 Å². The summed E-state index contributed by atoms with van der Waals surface area (Å²) in [6.45, 7) is 6.30. The molecule has 2 atom stereocenters. The molecule has 1 fully saturated rings. The number of aromatic hydroxyl groups is 1. The smallest absolute Gasteiger partial charge is 0.246 e. The predicted molar refractivity (Wildman–Crippen MR) is 99.7 cm³/mol. The minimum absolute atomic E-state index is 0.0299. The Hall–Kier alpha value is -3.15. The van der Waals surface area contributed by atoms with Crippen molar-refractivity contribution < 1.29 is 9.90 Å². The van der Waals surface area contributed by atoms with Gasteiger partial charge in [-0.3, -0.25) is 4.79 Å². The van der Waals surface area contributed by atoms with Gasteiger partial charge in [0.05, 0.1) is 5.69 Å². The minimum Gasteiger partial charge on any atom is -0.507 e. The molecule has 0 radical (unpaired) electrons. The second-order valence-corrected chi connectivity index (χ2v) is 6.75. The maximum Gasteiger partial charge on any atom is 0.246 e. The maximum absolute atomic E-state index is 12.0. The summed E-state index contributed by atoms with van der Waals surface area (Å²) in [6.07, 6.45) is 2.26. The summed E-state index contributed by atoms with van der Waals surface area (Å²) in [4.78, 5) is 17.1. The zero-order valence-electron chi connectivity index (χ0n) is 14.5. The molecule has 26 heavy (non-hydrogen) atoms. The van der Waals surface area contributed by atoms with Gasteiger partial charge in [-0.25, -0.2) is 0 Å². The van der Waals surface area contributed by atoms with E-state index in [9.17, 15) is 9.90 Å². The van der Waals surface area contributed by atoms with E-state index in [1.807, 2.05) is 23.1 Å². The fraction of sp³-hybridized carbons (Fsp3) is 0.250. The first-order chi connectivity index (χ1) is 12.6. The molecule has 1 saturated heterocycles. The number of benzene rings is 1. The Labute approximate surface area is 151 Å². The van der Waals surface area contributed by atoms with Crippen molar-refractivity contribution in [3.63, 3.8) is 0 Å². The summed E-state index contributed by atoms with van der Waals surface area (Å²) >= 11 is 0. The van der Waals surface area contributed by atoms with Crippen LogP contribution in [0.4, 0.5) is 0 Å². The van der Waals surface area contributed by atoms with Crippen molar-refractivity contribution in [1.29, 1.82) is 0 Å².